The predicted octanol–water partition coefficient (Wildman–Crippen LogP) is 5.99. The first-order chi connectivity index (χ1) is 14.7. The molecule has 0 fully saturated rings. The van der Waals surface area contributed by atoms with E-state index in [0.717, 1.165) is 11.1 Å². The van der Waals surface area contributed by atoms with Crippen molar-refractivity contribution in [1.82, 2.24) is 0 Å². The first-order valence-corrected chi connectivity index (χ1v) is 11.3. The minimum Gasteiger partial charge on any atom is -0.296 e. The van der Waals surface area contributed by atoms with Crippen LogP contribution in [-0.4, -0.2) is 19.6 Å². The number of rotatable bonds is 4. The first-order valence-electron chi connectivity index (χ1n) is 9.07. The van der Waals surface area contributed by atoms with Crippen LogP contribution in [0, 0.1) is 13.8 Å². The lowest BCUT2D eigenvalue weighted by Crippen LogP contribution is -2.20. The van der Waals surface area contributed by atoms with Crippen LogP contribution in [-0.2, 0) is 14.7 Å². The van der Waals surface area contributed by atoms with Crippen LogP contribution in [0.2, 0.25) is 10.0 Å². The lowest BCUT2D eigenvalue weighted by atomic mass is 10.2. The monoisotopic (exact) mass is 476 g/mol. The van der Waals surface area contributed by atoms with E-state index in [9.17, 15) is 13.2 Å². The zero-order valence-electron chi connectivity index (χ0n) is 16.6. The smallest absolute Gasteiger partial charge is 0.296 e. The van der Waals surface area contributed by atoms with E-state index in [4.69, 9.17) is 28.0 Å². The van der Waals surface area contributed by atoms with E-state index in [1.807, 2.05) is 13.8 Å². The van der Waals surface area contributed by atoms with Gasteiger partial charge in [0.15, 0.2) is 0 Å². The SMILES string of the molecule is Cc1ccc(NC(=O)ON=C(c2c(Cl)cccc2Cl)S(=O)(=O)c2ccc(C)cc2)cc1. The second-order valence-electron chi connectivity index (χ2n) is 6.68. The van der Waals surface area contributed by atoms with Crippen molar-refractivity contribution in [3.8, 4) is 0 Å². The van der Waals surface area contributed by atoms with Crippen LogP contribution in [0.4, 0.5) is 10.5 Å². The van der Waals surface area contributed by atoms with Gasteiger partial charge in [-0.2, -0.15) is 0 Å². The van der Waals surface area contributed by atoms with Gasteiger partial charge in [0.1, 0.15) is 0 Å². The molecule has 0 aromatic heterocycles. The number of carbonyl (C=O) groups excluding carboxylic acids is 1. The molecule has 0 atom stereocenters. The maximum atomic E-state index is 13.3. The Hall–Kier alpha value is -2.87. The van der Waals surface area contributed by atoms with Crippen LogP contribution in [0.15, 0.2) is 76.8 Å². The van der Waals surface area contributed by atoms with E-state index in [1.165, 1.54) is 24.3 Å². The molecule has 0 aliphatic rings. The van der Waals surface area contributed by atoms with Gasteiger partial charge in [-0.15, -0.1) is 0 Å². The van der Waals surface area contributed by atoms with Gasteiger partial charge in [-0.05, 0) is 50.2 Å². The molecule has 9 heteroatoms. The van der Waals surface area contributed by atoms with E-state index in [1.54, 1.807) is 42.5 Å². The normalized spacial score (nSPS) is 11.8. The van der Waals surface area contributed by atoms with Crippen molar-refractivity contribution in [3.05, 3.63) is 93.5 Å². The molecule has 0 saturated heterocycles. The van der Waals surface area contributed by atoms with Gasteiger partial charge in [-0.25, -0.2) is 13.2 Å². The van der Waals surface area contributed by atoms with E-state index in [2.05, 4.69) is 10.5 Å². The summed E-state index contributed by atoms with van der Waals surface area (Å²) in [4.78, 5) is 17.0. The average Bonchev–Trinajstić information content (AvgIpc) is 2.72. The Kier molecular flexibility index (Phi) is 7.00. The summed E-state index contributed by atoms with van der Waals surface area (Å²) < 4.78 is 26.6. The molecule has 0 spiro atoms. The first kappa shape index (κ1) is 22.8. The Morgan fingerprint density at radius 2 is 1.39 bits per heavy atom. The summed E-state index contributed by atoms with van der Waals surface area (Å²) in [6.07, 6.45) is -0.969. The number of oxime groups is 1. The number of sulfone groups is 1. The molecule has 0 aliphatic carbocycles. The Balaban J connectivity index is 2.00. The van der Waals surface area contributed by atoms with Gasteiger partial charge in [-0.1, -0.05) is 69.8 Å². The van der Waals surface area contributed by atoms with Crippen molar-refractivity contribution >= 4 is 49.9 Å². The Labute approximate surface area is 190 Å². The standard InChI is InChI=1S/C22H18Cl2N2O4S/c1-14-6-10-16(11-7-14)25-22(27)30-26-21(20-18(23)4-3-5-19(20)24)31(28,29)17-12-8-15(2)9-13-17/h3-13H,1-2H3,(H,25,27). The van der Waals surface area contributed by atoms with Crippen molar-refractivity contribution < 1.29 is 18.0 Å². The Bertz CT molecular complexity index is 1220. The van der Waals surface area contributed by atoms with Gasteiger partial charge in [0.05, 0.1) is 20.5 Å². The van der Waals surface area contributed by atoms with E-state index < -0.39 is 21.0 Å². The third-order valence-electron chi connectivity index (χ3n) is 4.27. The highest BCUT2D eigenvalue weighted by molar-refractivity contribution is 8.07. The quantitative estimate of drug-likeness (QED) is 0.216. The molecule has 3 aromatic rings. The highest BCUT2D eigenvalue weighted by Gasteiger charge is 2.29. The lowest BCUT2D eigenvalue weighted by Gasteiger charge is -2.12. The molecule has 0 saturated carbocycles. The lowest BCUT2D eigenvalue weighted by molar-refractivity contribution is 0.167. The fraction of sp³-hybridized carbons (Fsp3) is 0.0909. The molecule has 0 bridgehead atoms. The van der Waals surface area contributed by atoms with Crippen molar-refractivity contribution in [1.29, 1.82) is 0 Å². The number of amides is 1. The van der Waals surface area contributed by atoms with Crippen molar-refractivity contribution in [3.63, 3.8) is 0 Å². The van der Waals surface area contributed by atoms with Gasteiger partial charge >= 0.3 is 6.09 Å². The molecular weight excluding hydrogens is 459 g/mol. The van der Waals surface area contributed by atoms with E-state index >= 15 is 0 Å². The molecule has 0 heterocycles. The summed E-state index contributed by atoms with van der Waals surface area (Å²) in [6, 6.07) is 17.6. The van der Waals surface area contributed by atoms with Crippen molar-refractivity contribution in [2.75, 3.05) is 5.32 Å². The number of anilines is 1. The Morgan fingerprint density at radius 3 is 1.94 bits per heavy atom. The van der Waals surface area contributed by atoms with Gasteiger partial charge in [0.2, 0.25) is 14.9 Å². The van der Waals surface area contributed by atoms with Gasteiger partial charge in [0.25, 0.3) is 0 Å². The average molecular weight is 477 g/mol. The van der Waals surface area contributed by atoms with E-state index in [-0.39, 0.29) is 20.5 Å². The number of halogens is 2. The number of benzene rings is 3. The largest absolute Gasteiger partial charge is 0.437 e. The second-order valence-corrected chi connectivity index (χ2v) is 9.36. The summed E-state index contributed by atoms with van der Waals surface area (Å²) in [5.74, 6) is 0. The zero-order chi connectivity index (χ0) is 22.6. The number of nitrogens with one attached hydrogen (secondary N) is 1. The minimum absolute atomic E-state index is 0.0458. The third-order valence-corrected chi connectivity index (χ3v) is 6.58. The van der Waals surface area contributed by atoms with Gasteiger partial charge in [-0.3, -0.25) is 10.2 Å². The second kappa shape index (κ2) is 9.51. The molecule has 3 aromatic carbocycles. The maximum absolute atomic E-state index is 13.3. The van der Waals surface area contributed by atoms with Crippen molar-refractivity contribution in [2.45, 2.75) is 18.7 Å². The third kappa shape index (κ3) is 5.44. The number of hydrogen-bond donors (Lipinski definition) is 1. The Morgan fingerprint density at radius 1 is 0.871 bits per heavy atom. The van der Waals surface area contributed by atoms with Crippen LogP contribution < -0.4 is 5.32 Å². The maximum Gasteiger partial charge on any atom is 0.437 e. The summed E-state index contributed by atoms with van der Waals surface area (Å²) in [7, 11) is -4.21. The molecule has 6 nitrogen and oxygen atoms in total. The number of aryl methyl sites for hydroxylation is 2. The van der Waals surface area contributed by atoms with Crippen LogP contribution in [0.25, 0.3) is 0 Å². The van der Waals surface area contributed by atoms with Crippen LogP contribution in [0.3, 0.4) is 0 Å². The fourth-order valence-electron chi connectivity index (χ4n) is 2.62. The van der Waals surface area contributed by atoms with Gasteiger partial charge < -0.3 is 0 Å². The molecule has 0 aliphatic heterocycles. The molecule has 160 valence electrons. The summed E-state index contributed by atoms with van der Waals surface area (Å²) in [6.45, 7) is 3.73. The molecule has 3 rings (SSSR count). The predicted molar refractivity (Wildman–Crippen MR) is 123 cm³/mol. The van der Waals surface area contributed by atoms with Crippen LogP contribution in [0.5, 0.6) is 0 Å². The summed E-state index contributed by atoms with van der Waals surface area (Å²) in [5.41, 5.74) is 2.29. The number of nitrogens with zero attached hydrogens (tertiary/aromatic N) is 1. The molecule has 0 radical (unpaired) electrons. The molecule has 1 amide bonds. The summed E-state index contributed by atoms with van der Waals surface area (Å²) in [5, 5.41) is 5.64. The van der Waals surface area contributed by atoms with Crippen LogP contribution in [0.1, 0.15) is 16.7 Å². The van der Waals surface area contributed by atoms with Crippen molar-refractivity contribution in [2.24, 2.45) is 5.16 Å². The number of hydrogen-bond acceptors (Lipinski definition) is 5. The molecule has 31 heavy (non-hydrogen) atoms. The number of carbonyl (C=O) groups is 1. The van der Waals surface area contributed by atoms with Crippen LogP contribution >= 0.6 is 23.2 Å². The topological polar surface area (TPSA) is 84.8 Å². The highest BCUT2D eigenvalue weighted by Crippen LogP contribution is 2.29. The fourth-order valence-corrected chi connectivity index (χ4v) is 4.65. The van der Waals surface area contributed by atoms with Gasteiger partial charge in [0, 0.05) is 5.69 Å². The zero-order valence-corrected chi connectivity index (χ0v) is 18.9. The minimum atomic E-state index is -4.21. The summed E-state index contributed by atoms with van der Waals surface area (Å²) >= 11 is 12.4. The molecule has 1 N–H and O–H groups in total. The molecular formula is C22H18Cl2N2O4S. The highest BCUT2D eigenvalue weighted by atomic mass is 35.5. The van der Waals surface area contributed by atoms with E-state index in [0.29, 0.717) is 5.69 Å². The molecule has 0 unspecified atom stereocenters.